The molecule has 0 unspecified atom stereocenters. The van der Waals surface area contributed by atoms with Crippen LogP contribution in [0.25, 0.3) is 0 Å². The fourth-order valence-corrected chi connectivity index (χ4v) is 6.25. The first-order valence-corrected chi connectivity index (χ1v) is 10.1. The number of amidine groups is 1. The summed E-state index contributed by atoms with van der Waals surface area (Å²) in [4.78, 5) is 0. The van der Waals surface area contributed by atoms with Gasteiger partial charge in [-0.25, -0.2) is 16.8 Å². The normalized spacial score (nSPS) is 21.0. The van der Waals surface area contributed by atoms with Crippen LogP contribution in [-0.4, -0.2) is 61.5 Å². The van der Waals surface area contributed by atoms with Gasteiger partial charge < -0.3 is 10.9 Å². The molecule has 0 bridgehead atoms. The summed E-state index contributed by atoms with van der Waals surface area (Å²) in [5.74, 6) is -0.228. The van der Waals surface area contributed by atoms with Crippen LogP contribution in [0.5, 0.6) is 0 Å². The van der Waals surface area contributed by atoms with Crippen molar-refractivity contribution in [2.24, 2.45) is 10.9 Å². The van der Waals surface area contributed by atoms with E-state index in [0.29, 0.717) is 0 Å². The summed E-state index contributed by atoms with van der Waals surface area (Å²) in [6.45, 7) is 3.59. The van der Waals surface area contributed by atoms with E-state index < -0.39 is 25.1 Å². The van der Waals surface area contributed by atoms with Crippen LogP contribution in [0.15, 0.2) is 5.16 Å². The smallest absolute Gasteiger partial charge is 0.217 e. The second kappa shape index (κ2) is 6.93. The number of hydrogen-bond donors (Lipinski definition) is 2. The van der Waals surface area contributed by atoms with Gasteiger partial charge in [-0.2, -0.15) is 4.31 Å². The van der Waals surface area contributed by atoms with Crippen molar-refractivity contribution in [2.45, 2.75) is 44.4 Å². The van der Waals surface area contributed by atoms with Gasteiger partial charge >= 0.3 is 0 Å². The molecular weight excluding hydrogens is 318 g/mol. The van der Waals surface area contributed by atoms with Crippen molar-refractivity contribution in [1.29, 1.82) is 0 Å². The second-order valence-electron chi connectivity index (χ2n) is 5.44. The maximum Gasteiger partial charge on any atom is 0.217 e. The summed E-state index contributed by atoms with van der Waals surface area (Å²) in [6.07, 6.45) is 0.369. The Balaban J connectivity index is 2.86. The fourth-order valence-electron chi connectivity index (χ4n) is 2.31. The Bertz CT molecular complexity index is 569. The van der Waals surface area contributed by atoms with E-state index in [9.17, 15) is 16.8 Å². The average molecular weight is 341 g/mol. The molecule has 0 aliphatic carbocycles. The Labute approximate surface area is 126 Å². The highest BCUT2D eigenvalue weighted by atomic mass is 32.2. The molecule has 10 heteroatoms. The van der Waals surface area contributed by atoms with Crippen LogP contribution < -0.4 is 5.73 Å². The molecule has 1 heterocycles. The third kappa shape index (κ3) is 4.82. The van der Waals surface area contributed by atoms with E-state index in [-0.39, 0.29) is 49.2 Å². The van der Waals surface area contributed by atoms with Crippen LogP contribution in [0.3, 0.4) is 0 Å². The summed E-state index contributed by atoms with van der Waals surface area (Å²) < 4.78 is 49.4. The Morgan fingerprint density at radius 1 is 1.38 bits per heavy atom. The van der Waals surface area contributed by atoms with Crippen LogP contribution in [0.4, 0.5) is 0 Å². The Kier molecular flexibility index (Phi) is 6.00. The molecule has 1 saturated heterocycles. The maximum absolute atomic E-state index is 12.6. The average Bonchev–Trinajstić information content (AvgIpc) is 2.37. The lowest BCUT2D eigenvalue weighted by atomic mass is 10.2. The molecule has 0 spiro atoms. The van der Waals surface area contributed by atoms with Crippen LogP contribution in [-0.2, 0) is 19.9 Å². The number of oxime groups is 1. The van der Waals surface area contributed by atoms with Gasteiger partial charge in [0.2, 0.25) is 10.0 Å². The van der Waals surface area contributed by atoms with E-state index in [1.165, 1.54) is 4.31 Å². The number of hydrogen-bond acceptors (Lipinski definition) is 6. The molecule has 1 aliphatic rings. The number of nitrogens with zero attached hydrogens (tertiary/aromatic N) is 2. The van der Waals surface area contributed by atoms with Gasteiger partial charge in [-0.1, -0.05) is 5.16 Å². The standard InChI is InChI=1S/C11H23N3O5S2/c1-9(2)14(6-3-11(12)13-15)21(18,19)10-4-7-20(16,17)8-5-10/h9-10,15H,3-8H2,1-2H3,(H2,12,13). The van der Waals surface area contributed by atoms with Gasteiger partial charge in [-0.15, -0.1) is 0 Å². The molecular formula is C11H23N3O5S2. The lowest BCUT2D eigenvalue weighted by Crippen LogP contribution is -2.46. The minimum absolute atomic E-state index is 0.0397. The third-order valence-electron chi connectivity index (χ3n) is 3.54. The van der Waals surface area contributed by atoms with Gasteiger partial charge in [0, 0.05) is 19.0 Å². The number of sulfone groups is 1. The Hall–Kier alpha value is -0.870. The van der Waals surface area contributed by atoms with Crippen LogP contribution in [0.2, 0.25) is 0 Å². The van der Waals surface area contributed by atoms with Gasteiger partial charge in [0.25, 0.3) is 0 Å². The van der Waals surface area contributed by atoms with E-state index in [0.717, 1.165) is 0 Å². The molecule has 0 aromatic rings. The predicted octanol–water partition coefficient (Wildman–Crippen LogP) is -0.260. The molecule has 0 saturated carbocycles. The van der Waals surface area contributed by atoms with Crippen molar-refractivity contribution in [3.8, 4) is 0 Å². The van der Waals surface area contributed by atoms with E-state index >= 15 is 0 Å². The SMILES string of the molecule is CC(C)N(CCC(N)=NO)S(=O)(=O)C1CCS(=O)(=O)CC1. The summed E-state index contributed by atoms with van der Waals surface area (Å²) >= 11 is 0. The van der Waals surface area contributed by atoms with Crippen LogP contribution in [0, 0.1) is 0 Å². The molecule has 0 atom stereocenters. The first-order chi connectivity index (χ1) is 9.60. The van der Waals surface area contributed by atoms with Crippen LogP contribution in [0.1, 0.15) is 33.1 Å². The van der Waals surface area contributed by atoms with E-state index in [2.05, 4.69) is 5.16 Å². The van der Waals surface area contributed by atoms with Gasteiger partial charge in [0.1, 0.15) is 15.7 Å². The predicted molar refractivity (Wildman–Crippen MR) is 80.5 cm³/mol. The van der Waals surface area contributed by atoms with Crippen molar-refractivity contribution < 1.29 is 22.0 Å². The maximum atomic E-state index is 12.6. The van der Waals surface area contributed by atoms with Crippen molar-refractivity contribution in [2.75, 3.05) is 18.1 Å². The molecule has 1 fully saturated rings. The number of nitrogens with two attached hydrogens (primary N) is 1. The second-order valence-corrected chi connectivity index (χ2v) is 9.91. The highest BCUT2D eigenvalue weighted by Crippen LogP contribution is 2.24. The molecule has 124 valence electrons. The molecule has 8 nitrogen and oxygen atoms in total. The minimum atomic E-state index is -3.60. The zero-order valence-electron chi connectivity index (χ0n) is 12.3. The van der Waals surface area contributed by atoms with Crippen molar-refractivity contribution in [3.05, 3.63) is 0 Å². The zero-order chi connectivity index (χ0) is 16.3. The Morgan fingerprint density at radius 3 is 2.33 bits per heavy atom. The highest BCUT2D eigenvalue weighted by molar-refractivity contribution is 7.92. The molecule has 0 radical (unpaired) electrons. The van der Waals surface area contributed by atoms with Gasteiger partial charge in [-0.05, 0) is 26.7 Å². The highest BCUT2D eigenvalue weighted by Gasteiger charge is 2.37. The molecule has 21 heavy (non-hydrogen) atoms. The largest absolute Gasteiger partial charge is 0.409 e. The molecule has 1 rings (SSSR count). The summed E-state index contributed by atoms with van der Waals surface area (Å²) in [6, 6.07) is -0.278. The monoisotopic (exact) mass is 341 g/mol. The van der Waals surface area contributed by atoms with E-state index in [1.807, 2.05) is 0 Å². The molecule has 0 amide bonds. The van der Waals surface area contributed by atoms with E-state index in [1.54, 1.807) is 13.8 Å². The lowest BCUT2D eigenvalue weighted by molar-refractivity contribution is 0.313. The van der Waals surface area contributed by atoms with E-state index in [4.69, 9.17) is 10.9 Å². The lowest BCUT2D eigenvalue weighted by Gasteiger charge is -2.32. The minimum Gasteiger partial charge on any atom is -0.409 e. The zero-order valence-corrected chi connectivity index (χ0v) is 13.9. The van der Waals surface area contributed by atoms with Gasteiger partial charge in [-0.3, -0.25) is 0 Å². The van der Waals surface area contributed by atoms with Gasteiger partial charge in [0.05, 0.1) is 16.8 Å². The van der Waals surface area contributed by atoms with Crippen molar-refractivity contribution >= 4 is 25.7 Å². The molecule has 1 aliphatic heterocycles. The Morgan fingerprint density at radius 2 is 1.90 bits per heavy atom. The quantitative estimate of drug-likeness (QED) is 0.296. The number of sulfonamides is 1. The third-order valence-corrected chi connectivity index (χ3v) is 7.83. The summed E-state index contributed by atoms with van der Waals surface area (Å²) in [5, 5.41) is 10.7. The van der Waals surface area contributed by atoms with Crippen molar-refractivity contribution in [3.63, 3.8) is 0 Å². The molecule has 3 N–H and O–H groups in total. The summed E-state index contributed by atoms with van der Waals surface area (Å²) in [7, 11) is -6.71. The van der Waals surface area contributed by atoms with Crippen LogP contribution >= 0.6 is 0 Å². The fraction of sp³-hybridized carbons (Fsp3) is 0.909. The molecule has 0 aromatic carbocycles. The molecule has 0 aromatic heterocycles. The first kappa shape index (κ1) is 18.2. The summed E-state index contributed by atoms with van der Waals surface area (Å²) in [5.41, 5.74) is 5.38. The van der Waals surface area contributed by atoms with Crippen molar-refractivity contribution in [1.82, 2.24) is 4.31 Å². The van der Waals surface area contributed by atoms with Gasteiger partial charge in [0.15, 0.2) is 0 Å². The topological polar surface area (TPSA) is 130 Å². The first-order valence-electron chi connectivity index (χ1n) is 6.77. The number of rotatable bonds is 6.